The van der Waals surface area contributed by atoms with Crippen molar-refractivity contribution in [1.29, 1.82) is 0 Å². The second-order valence-electron chi connectivity index (χ2n) is 3.37. The van der Waals surface area contributed by atoms with Crippen LogP contribution in [0.1, 0.15) is 6.42 Å². The van der Waals surface area contributed by atoms with Crippen LogP contribution in [0.4, 0.5) is 0 Å². The fourth-order valence-electron chi connectivity index (χ4n) is 1.64. The lowest BCUT2D eigenvalue weighted by atomic mass is 10.2. The summed E-state index contributed by atoms with van der Waals surface area (Å²) < 4.78 is 1.75. The van der Waals surface area contributed by atoms with Crippen molar-refractivity contribution in [3.8, 4) is 5.75 Å². The SMILES string of the molecule is O=C(O)CCn1ccc2cccc(O)c21. The number of carbonyl (C=O) groups is 1. The Kier molecular flexibility index (Phi) is 2.33. The molecule has 0 unspecified atom stereocenters. The van der Waals surface area contributed by atoms with Gasteiger partial charge in [-0.05, 0) is 12.1 Å². The molecule has 1 aromatic heterocycles. The fourth-order valence-corrected chi connectivity index (χ4v) is 1.64. The molecule has 0 amide bonds. The summed E-state index contributed by atoms with van der Waals surface area (Å²) in [6.45, 7) is 0.371. The first-order valence-corrected chi connectivity index (χ1v) is 4.67. The Morgan fingerprint density at radius 2 is 2.13 bits per heavy atom. The number of hydrogen-bond acceptors (Lipinski definition) is 2. The average Bonchev–Trinajstić information content (AvgIpc) is 2.59. The molecule has 0 spiro atoms. The molecule has 0 saturated carbocycles. The third-order valence-corrected chi connectivity index (χ3v) is 2.33. The number of aliphatic carboxylic acids is 1. The predicted molar refractivity (Wildman–Crippen MR) is 55.9 cm³/mol. The normalized spacial score (nSPS) is 10.7. The maximum Gasteiger partial charge on any atom is 0.305 e. The highest BCUT2D eigenvalue weighted by atomic mass is 16.4. The highest BCUT2D eigenvalue weighted by molar-refractivity contribution is 5.85. The van der Waals surface area contributed by atoms with Gasteiger partial charge in [-0.25, -0.2) is 0 Å². The number of benzene rings is 1. The molecule has 1 heterocycles. The summed E-state index contributed by atoms with van der Waals surface area (Å²) in [5, 5.41) is 19.1. The number of para-hydroxylation sites is 1. The number of rotatable bonds is 3. The quantitative estimate of drug-likeness (QED) is 0.803. The number of phenols is 1. The van der Waals surface area contributed by atoms with E-state index in [4.69, 9.17) is 5.11 Å². The number of carboxylic acids is 1. The van der Waals surface area contributed by atoms with Crippen molar-refractivity contribution in [2.24, 2.45) is 0 Å². The molecule has 0 aliphatic rings. The van der Waals surface area contributed by atoms with E-state index in [0.717, 1.165) is 5.39 Å². The van der Waals surface area contributed by atoms with Gasteiger partial charge >= 0.3 is 5.97 Å². The second-order valence-corrected chi connectivity index (χ2v) is 3.37. The van der Waals surface area contributed by atoms with Crippen LogP contribution in [0.3, 0.4) is 0 Å². The van der Waals surface area contributed by atoms with Crippen LogP contribution in [-0.2, 0) is 11.3 Å². The summed E-state index contributed by atoms with van der Waals surface area (Å²) in [5.41, 5.74) is 0.693. The van der Waals surface area contributed by atoms with Gasteiger partial charge in [0.25, 0.3) is 0 Å². The molecule has 78 valence electrons. The van der Waals surface area contributed by atoms with Gasteiger partial charge in [-0.15, -0.1) is 0 Å². The molecular weight excluding hydrogens is 194 g/mol. The van der Waals surface area contributed by atoms with E-state index in [1.165, 1.54) is 0 Å². The van der Waals surface area contributed by atoms with E-state index >= 15 is 0 Å². The smallest absolute Gasteiger partial charge is 0.305 e. The van der Waals surface area contributed by atoms with E-state index in [9.17, 15) is 9.90 Å². The van der Waals surface area contributed by atoms with Gasteiger partial charge in [0.15, 0.2) is 0 Å². The zero-order valence-electron chi connectivity index (χ0n) is 8.05. The molecule has 0 atom stereocenters. The van der Waals surface area contributed by atoms with Crippen LogP contribution < -0.4 is 0 Å². The van der Waals surface area contributed by atoms with E-state index in [1.807, 2.05) is 12.1 Å². The van der Waals surface area contributed by atoms with Crippen molar-refractivity contribution in [3.05, 3.63) is 30.5 Å². The largest absolute Gasteiger partial charge is 0.506 e. The number of aromatic hydroxyl groups is 1. The molecule has 1 aromatic carbocycles. The van der Waals surface area contributed by atoms with Gasteiger partial charge in [-0.1, -0.05) is 12.1 Å². The van der Waals surface area contributed by atoms with Crippen LogP contribution in [0.2, 0.25) is 0 Å². The third-order valence-electron chi connectivity index (χ3n) is 2.33. The van der Waals surface area contributed by atoms with Crippen LogP contribution in [0.5, 0.6) is 5.75 Å². The minimum Gasteiger partial charge on any atom is -0.506 e. The minimum atomic E-state index is -0.840. The van der Waals surface area contributed by atoms with Gasteiger partial charge in [-0.3, -0.25) is 4.79 Å². The van der Waals surface area contributed by atoms with E-state index in [-0.39, 0.29) is 12.2 Å². The van der Waals surface area contributed by atoms with Crippen LogP contribution in [-0.4, -0.2) is 20.7 Å². The number of phenolic OH excluding ortho intramolecular Hbond substituents is 1. The van der Waals surface area contributed by atoms with Crippen LogP contribution in [0, 0.1) is 0 Å². The Balaban J connectivity index is 2.39. The van der Waals surface area contributed by atoms with Crippen molar-refractivity contribution >= 4 is 16.9 Å². The maximum absolute atomic E-state index is 10.4. The van der Waals surface area contributed by atoms with Gasteiger partial charge in [0.2, 0.25) is 0 Å². The van der Waals surface area contributed by atoms with Crippen molar-refractivity contribution in [3.63, 3.8) is 0 Å². The lowest BCUT2D eigenvalue weighted by Gasteiger charge is -2.04. The van der Waals surface area contributed by atoms with E-state index in [1.54, 1.807) is 22.9 Å². The standard InChI is InChI=1S/C11H11NO3/c13-9-3-1-2-8-4-6-12(11(8)9)7-5-10(14)15/h1-4,6,13H,5,7H2,(H,14,15). The molecule has 4 heteroatoms. The Morgan fingerprint density at radius 3 is 2.87 bits per heavy atom. The zero-order valence-corrected chi connectivity index (χ0v) is 8.05. The lowest BCUT2D eigenvalue weighted by molar-refractivity contribution is -0.137. The predicted octanol–water partition coefficient (Wildman–Crippen LogP) is 1.82. The summed E-state index contributed by atoms with van der Waals surface area (Å²) in [4.78, 5) is 10.4. The summed E-state index contributed by atoms with van der Waals surface area (Å²) in [6, 6.07) is 7.10. The molecule has 0 aliphatic heterocycles. The molecule has 2 rings (SSSR count). The highest BCUT2D eigenvalue weighted by Crippen LogP contribution is 2.25. The van der Waals surface area contributed by atoms with Crippen molar-refractivity contribution in [2.75, 3.05) is 0 Å². The number of aryl methyl sites for hydroxylation is 1. The van der Waals surface area contributed by atoms with Gasteiger partial charge < -0.3 is 14.8 Å². The van der Waals surface area contributed by atoms with E-state index in [0.29, 0.717) is 12.1 Å². The molecule has 4 nitrogen and oxygen atoms in total. The molecule has 2 aromatic rings. The Labute approximate surface area is 86.4 Å². The molecule has 0 bridgehead atoms. The monoisotopic (exact) mass is 205 g/mol. The summed E-state index contributed by atoms with van der Waals surface area (Å²) in [5.74, 6) is -0.657. The van der Waals surface area contributed by atoms with Gasteiger partial charge in [-0.2, -0.15) is 0 Å². The second kappa shape index (κ2) is 3.65. The van der Waals surface area contributed by atoms with E-state index < -0.39 is 5.97 Å². The summed E-state index contributed by atoms with van der Waals surface area (Å²) >= 11 is 0. The molecule has 0 radical (unpaired) electrons. The van der Waals surface area contributed by atoms with Crippen molar-refractivity contribution in [2.45, 2.75) is 13.0 Å². The number of fused-ring (bicyclic) bond motifs is 1. The van der Waals surface area contributed by atoms with Gasteiger partial charge in [0.05, 0.1) is 11.9 Å². The number of aromatic nitrogens is 1. The third kappa shape index (κ3) is 1.79. The first-order valence-electron chi connectivity index (χ1n) is 4.67. The maximum atomic E-state index is 10.4. The molecule has 2 N–H and O–H groups in total. The first kappa shape index (κ1) is 9.58. The summed E-state index contributed by atoms with van der Waals surface area (Å²) in [6.07, 6.45) is 1.84. The highest BCUT2D eigenvalue weighted by Gasteiger charge is 2.06. The Hall–Kier alpha value is -1.97. The molecule has 0 fully saturated rings. The average molecular weight is 205 g/mol. The molecule has 0 saturated heterocycles. The van der Waals surface area contributed by atoms with Gasteiger partial charge in [0, 0.05) is 18.1 Å². The van der Waals surface area contributed by atoms with Crippen LogP contribution >= 0.6 is 0 Å². The van der Waals surface area contributed by atoms with Crippen LogP contribution in [0.15, 0.2) is 30.5 Å². The van der Waals surface area contributed by atoms with Crippen LogP contribution in [0.25, 0.3) is 10.9 Å². The molecule has 0 aliphatic carbocycles. The summed E-state index contributed by atoms with van der Waals surface area (Å²) in [7, 11) is 0. The lowest BCUT2D eigenvalue weighted by Crippen LogP contribution is -2.03. The minimum absolute atomic E-state index is 0.0537. The molecule has 15 heavy (non-hydrogen) atoms. The number of nitrogens with zero attached hydrogens (tertiary/aromatic N) is 1. The number of carboxylic acid groups (broad SMARTS) is 1. The topological polar surface area (TPSA) is 62.5 Å². The Bertz CT molecular complexity index is 502. The molecular formula is C11H11NO3. The number of hydrogen-bond donors (Lipinski definition) is 2. The fraction of sp³-hybridized carbons (Fsp3) is 0.182. The van der Waals surface area contributed by atoms with E-state index in [2.05, 4.69) is 0 Å². The zero-order chi connectivity index (χ0) is 10.8. The first-order chi connectivity index (χ1) is 7.18. The van der Waals surface area contributed by atoms with Crippen molar-refractivity contribution in [1.82, 2.24) is 4.57 Å². The van der Waals surface area contributed by atoms with Gasteiger partial charge in [0.1, 0.15) is 5.75 Å². The Morgan fingerprint density at radius 1 is 1.33 bits per heavy atom. The van der Waals surface area contributed by atoms with Crippen molar-refractivity contribution < 1.29 is 15.0 Å².